The summed E-state index contributed by atoms with van der Waals surface area (Å²) in [4.78, 5) is 0. The summed E-state index contributed by atoms with van der Waals surface area (Å²) in [6, 6.07) is 14.2. The van der Waals surface area contributed by atoms with Crippen molar-refractivity contribution in [1.82, 2.24) is 0 Å². The molecule has 104 valence electrons. The van der Waals surface area contributed by atoms with E-state index in [-0.39, 0.29) is 6.61 Å². The van der Waals surface area contributed by atoms with Gasteiger partial charge in [0, 0.05) is 5.56 Å². The molecule has 0 atom stereocenters. The molecule has 0 aliphatic rings. The van der Waals surface area contributed by atoms with Gasteiger partial charge in [0.2, 0.25) is 0 Å². The maximum absolute atomic E-state index is 9.20. The summed E-state index contributed by atoms with van der Waals surface area (Å²) in [7, 11) is 1.65. The third-order valence-corrected chi connectivity index (χ3v) is 3.32. The molecule has 0 unspecified atom stereocenters. The lowest BCUT2D eigenvalue weighted by Gasteiger charge is -2.06. The Bertz CT molecular complexity index is 583. The van der Waals surface area contributed by atoms with E-state index in [4.69, 9.17) is 4.74 Å². The van der Waals surface area contributed by atoms with E-state index in [1.165, 1.54) is 5.56 Å². The van der Waals surface area contributed by atoms with E-state index in [9.17, 15) is 5.11 Å². The molecule has 0 spiro atoms. The van der Waals surface area contributed by atoms with Crippen molar-refractivity contribution in [2.75, 3.05) is 7.11 Å². The van der Waals surface area contributed by atoms with Crippen LogP contribution in [-0.2, 0) is 13.0 Å². The highest BCUT2D eigenvalue weighted by atomic mass is 16.5. The first kappa shape index (κ1) is 14.4. The Labute approximate surface area is 120 Å². The molecule has 0 heterocycles. The van der Waals surface area contributed by atoms with Gasteiger partial charge in [0.1, 0.15) is 5.75 Å². The van der Waals surface area contributed by atoms with Crippen LogP contribution in [0.1, 0.15) is 29.2 Å². The van der Waals surface area contributed by atoms with Gasteiger partial charge in [-0.1, -0.05) is 49.4 Å². The molecule has 0 aromatic heterocycles. The minimum atomic E-state index is 0.0377. The first-order chi connectivity index (χ1) is 9.76. The molecule has 0 bridgehead atoms. The second-order valence-electron chi connectivity index (χ2n) is 4.66. The van der Waals surface area contributed by atoms with E-state index < -0.39 is 0 Å². The zero-order valence-electron chi connectivity index (χ0n) is 12.0. The summed E-state index contributed by atoms with van der Waals surface area (Å²) in [6.07, 6.45) is 5.12. The van der Waals surface area contributed by atoms with Crippen molar-refractivity contribution in [2.45, 2.75) is 20.0 Å². The van der Waals surface area contributed by atoms with Gasteiger partial charge >= 0.3 is 0 Å². The van der Waals surface area contributed by atoms with Crippen LogP contribution in [0, 0.1) is 0 Å². The fourth-order valence-corrected chi connectivity index (χ4v) is 2.06. The third kappa shape index (κ3) is 3.49. The van der Waals surface area contributed by atoms with Crippen LogP contribution in [-0.4, -0.2) is 12.2 Å². The molecule has 1 N–H and O–H groups in total. The van der Waals surface area contributed by atoms with Gasteiger partial charge in [-0.3, -0.25) is 0 Å². The molecule has 0 fully saturated rings. The number of rotatable bonds is 5. The molecule has 0 amide bonds. The van der Waals surface area contributed by atoms with Gasteiger partial charge in [0.05, 0.1) is 13.7 Å². The first-order valence-corrected chi connectivity index (χ1v) is 6.81. The van der Waals surface area contributed by atoms with Crippen LogP contribution in [0.5, 0.6) is 5.75 Å². The Balaban J connectivity index is 2.24. The zero-order valence-corrected chi connectivity index (χ0v) is 12.0. The van der Waals surface area contributed by atoms with Gasteiger partial charge < -0.3 is 9.84 Å². The Kier molecular flexibility index (Phi) is 4.97. The summed E-state index contributed by atoms with van der Waals surface area (Å²) < 4.78 is 5.34. The Morgan fingerprint density at radius 1 is 1.00 bits per heavy atom. The molecular weight excluding hydrogens is 248 g/mol. The van der Waals surface area contributed by atoms with Crippen molar-refractivity contribution >= 4 is 12.2 Å². The lowest BCUT2D eigenvalue weighted by molar-refractivity contribution is 0.281. The normalized spacial score (nSPS) is 10.9. The minimum Gasteiger partial charge on any atom is -0.496 e. The highest BCUT2D eigenvalue weighted by Gasteiger charge is 2.01. The van der Waals surface area contributed by atoms with Crippen LogP contribution in [0.25, 0.3) is 12.2 Å². The zero-order chi connectivity index (χ0) is 14.4. The van der Waals surface area contributed by atoms with Gasteiger partial charge in [-0.15, -0.1) is 0 Å². The van der Waals surface area contributed by atoms with E-state index in [1.54, 1.807) is 7.11 Å². The monoisotopic (exact) mass is 268 g/mol. The van der Waals surface area contributed by atoms with Gasteiger partial charge in [0.15, 0.2) is 0 Å². The van der Waals surface area contributed by atoms with Crippen LogP contribution < -0.4 is 4.74 Å². The number of hydrogen-bond donors (Lipinski definition) is 1. The van der Waals surface area contributed by atoms with E-state index in [2.05, 4.69) is 37.3 Å². The van der Waals surface area contributed by atoms with Crippen LogP contribution in [0.2, 0.25) is 0 Å². The van der Waals surface area contributed by atoms with E-state index in [0.29, 0.717) is 0 Å². The summed E-state index contributed by atoms with van der Waals surface area (Å²) >= 11 is 0. The van der Waals surface area contributed by atoms with E-state index in [0.717, 1.165) is 28.9 Å². The smallest absolute Gasteiger partial charge is 0.126 e. The fraction of sp³-hybridized carbons (Fsp3) is 0.222. The third-order valence-electron chi connectivity index (χ3n) is 3.32. The number of ether oxygens (including phenoxy) is 1. The van der Waals surface area contributed by atoms with Crippen molar-refractivity contribution in [3.8, 4) is 5.75 Å². The maximum atomic E-state index is 9.20. The molecule has 0 saturated heterocycles. The van der Waals surface area contributed by atoms with Crippen molar-refractivity contribution in [3.63, 3.8) is 0 Å². The number of methoxy groups -OCH3 is 1. The number of aliphatic hydroxyl groups excluding tert-OH is 1. The van der Waals surface area contributed by atoms with Crippen LogP contribution in [0.15, 0.2) is 42.5 Å². The van der Waals surface area contributed by atoms with Crippen LogP contribution >= 0.6 is 0 Å². The molecule has 0 saturated carbocycles. The Morgan fingerprint density at radius 3 is 2.30 bits per heavy atom. The molecule has 2 aromatic rings. The molecule has 2 heteroatoms. The summed E-state index contributed by atoms with van der Waals surface area (Å²) in [5, 5.41) is 9.20. The minimum absolute atomic E-state index is 0.0377. The predicted octanol–water partition coefficient (Wildman–Crippen LogP) is 3.92. The largest absolute Gasteiger partial charge is 0.496 e. The summed E-state index contributed by atoms with van der Waals surface area (Å²) in [6.45, 7) is 2.19. The fourth-order valence-electron chi connectivity index (χ4n) is 2.06. The summed E-state index contributed by atoms with van der Waals surface area (Å²) in [5.41, 5.74) is 4.34. The second-order valence-corrected chi connectivity index (χ2v) is 4.66. The predicted molar refractivity (Wildman–Crippen MR) is 83.7 cm³/mol. The number of benzene rings is 2. The van der Waals surface area contributed by atoms with Crippen molar-refractivity contribution in [2.24, 2.45) is 0 Å². The van der Waals surface area contributed by atoms with Crippen LogP contribution in [0.3, 0.4) is 0 Å². The highest BCUT2D eigenvalue weighted by molar-refractivity contribution is 5.73. The molecule has 2 aromatic carbocycles. The van der Waals surface area contributed by atoms with Crippen molar-refractivity contribution < 1.29 is 9.84 Å². The average molecular weight is 268 g/mol. The number of aliphatic hydroxyl groups is 1. The van der Waals surface area contributed by atoms with E-state index in [1.807, 2.05) is 24.3 Å². The van der Waals surface area contributed by atoms with Gasteiger partial charge in [-0.25, -0.2) is 0 Å². The quantitative estimate of drug-likeness (QED) is 0.833. The maximum Gasteiger partial charge on any atom is 0.126 e. The first-order valence-electron chi connectivity index (χ1n) is 6.81. The van der Waals surface area contributed by atoms with Crippen LogP contribution in [0.4, 0.5) is 0 Å². The topological polar surface area (TPSA) is 29.5 Å². The average Bonchev–Trinajstić information content (AvgIpc) is 2.53. The number of aryl methyl sites for hydroxylation is 1. The Hall–Kier alpha value is -2.06. The van der Waals surface area contributed by atoms with E-state index >= 15 is 0 Å². The van der Waals surface area contributed by atoms with Gasteiger partial charge in [0.25, 0.3) is 0 Å². The highest BCUT2D eigenvalue weighted by Crippen LogP contribution is 2.22. The Morgan fingerprint density at radius 2 is 1.70 bits per heavy atom. The molecule has 0 aliphatic carbocycles. The molecule has 2 rings (SSSR count). The lowest BCUT2D eigenvalue weighted by atomic mass is 10.1. The molecule has 0 radical (unpaired) electrons. The second kappa shape index (κ2) is 6.92. The molecule has 20 heavy (non-hydrogen) atoms. The SMILES string of the molecule is CCc1ccc(/C=C/c2cc(CO)ccc2OC)cc1. The molecule has 0 aliphatic heterocycles. The summed E-state index contributed by atoms with van der Waals surface area (Å²) in [5.74, 6) is 0.809. The van der Waals surface area contributed by atoms with Crippen molar-refractivity contribution in [3.05, 3.63) is 64.7 Å². The van der Waals surface area contributed by atoms with Crippen molar-refractivity contribution in [1.29, 1.82) is 0 Å². The van der Waals surface area contributed by atoms with Gasteiger partial charge in [-0.2, -0.15) is 0 Å². The standard InChI is InChI=1S/C18H20O2/c1-3-14-4-6-15(7-5-14)8-10-17-12-16(13-19)9-11-18(17)20-2/h4-12,19H,3,13H2,1-2H3/b10-8+. The molecular formula is C18H20O2. The molecule has 2 nitrogen and oxygen atoms in total. The van der Waals surface area contributed by atoms with Gasteiger partial charge in [-0.05, 0) is 35.2 Å². The number of hydrogen-bond acceptors (Lipinski definition) is 2. The lowest BCUT2D eigenvalue weighted by Crippen LogP contribution is -1.90.